The summed E-state index contributed by atoms with van der Waals surface area (Å²) in [6.45, 7) is 0. The Kier molecular flexibility index (Phi) is 6.03. The van der Waals surface area contributed by atoms with Crippen LogP contribution in [0, 0.1) is 0 Å². The zero-order chi connectivity index (χ0) is 18.6. The minimum Gasteiger partial charge on any atom is -0.495 e. The van der Waals surface area contributed by atoms with Crippen LogP contribution in [0.1, 0.15) is 20.7 Å². The zero-order valence-corrected chi connectivity index (χ0v) is 16.0. The first kappa shape index (κ1) is 18.8. The van der Waals surface area contributed by atoms with Gasteiger partial charge >= 0.3 is 0 Å². The highest BCUT2D eigenvalue weighted by Crippen LogP contribution is 2.35. The second-order valence-electron chi connectivity index (χ2n) is 5.43. The van der Waals surface area contributed by atoms with Crippen LogP contribution in [0.4, 0.5) is 5.69 Å². The quantitative estimate of drug-likeness (QED) is 0.825. The van der Waals surface area contributed by atoms with Crippen LogP contribution in [0.2, 0.25) is 0 Å². The van der Waals surface area contributed by atoms with Crippen molar-refractivity contribution in [2.75, 3.05) is 33.6 Å². The highest BCUT2D eigenvalue weighted by atomic mass is 79.9. The number of hydrogen-bond acceptors (Lipinski definition) is 4. The third-order valence-electron chi connectivity index (χ3n) is 3.48. The number of anilines is 1. The van der Waals surface area contributed by atoms with Crippen molar-refractivity contribution in [3.05, 3.63) is 52.0 Å². The first-order valence-corrected chi connectivity index (χ1v) is 8.21. The molecule has 2 aromatic carbocycles. The van der Waals surface area contributed by atoms with Crippen LogP contribution in [0.3, 0.4) is 0 Å². The molecule has 0 aliphatic rings. The number of hydrogen-bond donors (Lipinski definition) is 1. The van der Waals surface area contributed by atoms with E-state index in [-0.39, 0.29) is 11.8 Å². The van der Waals surface area contributed by atoms with Gasteiger partial charge in [0.05, 0.1) is 14.2 Å². The Hall–Kier alpha value is -2.54. The van der Waals surface area contributed by atoms with E-state index in [0.717, 1.165) is 0 Å². The maximum absolute atomic E-state index is 12.5. The minimum absolute atomic E-state index is 0.136. The number of nitrogens with zero attached hydrogens (tertiary/aromatic N) is 1. The van der Waals surface area contributed by atoms with Gasteiger partial charge in [-0.05, 0) is 46.3 Å². The number of halogens is 1. The van der Waals surface area contributed by atoms with Crippen LogP contribution in [-0.4, -0.2) is 45.0 Å². The van der Waals surface area contributed by atoms with Crippen LogP contribution < -0.4 is 14.8 Å². The molecule has 132 valence electrons. The molecule has 0 aliphatic carbocycles. The van der Waals surface area contributed by atoms with E-state index < -0.39 is 0 Å². The summed E-state index contributed by atoms with van der Waals surface area (Å²) >= 11 is 3.37. The highest BCUT2D eigenvalue weighted by Gasteiger charge is 2.15. The maximum atomic E-state index is 12.5. The molecule has 0 saturated carbocycles. The van der Waals surface area contributed by atoms with E-state index in [1.165, 1.54) is 19.1 Å². The molecular formula is C18H19BrN2O4. The first-order valence-electron chi connectivity index (χ1n) is 7.42. The molecule has 0 unspecified atom stereocenters. The van der Waals surface area contributed by atoms with Crippen molar-refractivity contribution in [2.45, 2.75) is 0 Å². The summed E-state index contributed by atoms with van der Waals surface area (Å²) < 4.78 is 11.1. The summed E-state index contributed by atoms with van der Waals surface area (Å²) in [5.41, 5.74) is 1.40. The molecule has 0 bridgehead atoms. The van der Waals surface area contributed by atoms with Crippen LogP contribution in [0.25, 0.3) is 0 Å². The Morgan fingerprint density at radius 1 is 1.00 bits per heavy atom. The predicted molar refractivity (Wildman–Crippen MR) is 99.7 cm³/mol. The Bertz CT molecular complexity index is 780. The fraction of sp³-hybridized carbons (Fsp3) is 0.222. The number of benzene rings is 2. The molecule has 0 atom stereocenters. The second-order valence-corrected chi connectivity index (χ2v) is 6.22. The lowest BCUT2D eigenvalue weighted by Gasteiger charge is -2.13. The van der Waals surface area contributed by atoms with Gasteiger partial charge in [0.2, 0.25) is 0 Å². The zero-order valence-electron chi connectivity index (χ0n) is 14.4. The normalized spacial score (nSPS) is 10.1. The minimum atomic E-state index is -0.335. The third-order valence-corrected chi connectivity index (χ3v) is 4.26. The molecule has 0 saturated heterocycles. The lowest BCUT2D eigenvalue weighted by atomic mass is 10.1. The van der Waals surface area contributed by atoms with Crippen molar-refractivity contribution in [3.63, 3.8) is 0 Å². The summed E-state index contributed by atoms with van der Waals surface area (Å²) in [5, 5.41) is 2.78. The standard InChI is InChI=1S/C18H19BrN2O4/c1-21(2)18(23)11-6-5-7-13(8-11)20-17(22)12-9-14(24-3)16(19)15(10-12)25-4/h5-10H,1-4H3,(H,20,22). The van der Waals surface area contributed by atoms with Gasteiger partial charge in [0.15, 0.2) is 0 Å². The molecule has 25 heavy (non-hydrogen) atoms. The van der Waals surface area contributed by atoms with Gasteiger partial charge in [-0.15, -0.1) is 0 Å². The monoisotopic (exact) mass is 406 g/mol. The third kappa shape index (κ3) is 4.30. The van der Waals surface area contributed by atoms with E-state index in [1.807, 2.05) is 0 Å². The van der Waals surface area contributed by atoms with Gasteiger partial charge in [0, 0.05) is 30.9 Å². The van der Waals surface area contributed by atoms with Crippen molar-refractivity contribution < 1.29 is 19.1 Å². The molecule has 6 nitrogen and oxygen atoms in total. The molecule has 0 radical (unpaired) electrons. The summed E-state index contributed by atoms with van der Waals surface area (Å²) in [7, 11) is 6.37. The molecule has 1 N–H and O–H groups in total. The highest BCUT2D eigenvalue weighted by molar-refractivity contribution is 9.10. The molecule has 0 aromatic heterocycles. The van der Waals surface area contributed by atoms with Crippen molar-refractivity contribution in [1.82, 2.24) is 4.90 Å². The number of nitrogens with one attached hydrogen (secondary N) is 1. The number of amides is 2. The first-order chi connectivity index (χ1) is 11.9. The van der Waals surface area contributed by atoms with Gasteiger partial charge in [0.25, 0.3) is 11.8 Å². The summed E-state index contributed by atoms with van der Waals surface area (Å²) in [6.07, 6.45) is 0. The van der Waals surface area contributed by atoms with Crippen LogP contribution in [-0.2, 0) is 0 Å². The smallest absolute Gasteiger partial charge is 0.255 e. The SMILES string of the molecule is COc1cc(C(=O)Nc2cccc(C(=O)N(C)C)c2)cc(OC)c1Br. The number of ether oxygens (including phenoxy) is 2. The number of carbonyl (C=O) groups is 2. The Morgan fingerprint density at radius 2 is 1.60 bits per heavy atom. The summed E-state index contributed by atoms with van der Waals surface area (Å²) in [5.74, 6) is 0.503. The van der Waals surface area contributed by atoms with Crippen LogP contribution in [0.5, 0.6) is 11.5 Å². The molecule has 0 fully saturated rings. The van der Waals surface area contributed by atoms with Gasteiger partial charge in [-0.1, -0.05) is 6.07 Å². The van der Waals surface area contributed by atoms with E-state index in [1.54, 1.807) is 50.5 Å². The second kappa shape index (κ2) is 8.02. The Balaban J connectivity index is 2.28. The van der Waals surface area contributed by atoms with Crippen LogP contribution in [0.15, 0.2) is 40.9 Å². The van der Waals surface area contributed by atoms with E-state index in [9.17, 15) is 9.59 Å². The Labute approximate surface area is 154 Å². The molecule has 0 aliphatic heterocycles. The van der Waals surface area contributed by atoms with Crippen molar-refractivity contribution in [2.24, 2.45) is 0 Å². The van der Waals surface area contributed by atoms with E-state index in [2.05, 4.69) is 21.2 Å². The Morgan fingerprint density at radius 3 is 2.12 bits per heavy atom. The molecular weight excluding hydrogens is 388 g/mol. The van der Waals surface area contributed by atoms with E-state index >= 15 is 0 Å². The topological polar surface area (TPSA) is 67.9 Å². The number of methoxy groups -OCH3 is 2. The molecule has 0 heterocycles. The molecule has 0 spiro atoms. The summed E-state index contributed by atoms with van der Waals surface area (Å²) in [4.78, 5) is 26.1. The number of rotatable bonds is 5. The fourth-order valence-electron chi connectivity index (χ4n) is 2.19. The van der Waals surface area contributed by atoms with Gasteiger partial charge < -0.3 is 19.7 Å². The predicted octanol–water partition coefficient (Wildman–Crippen LogP) is 3.42. The fourth-order valence-corrected chi connectivity index (χ4v) is 2.74. The van der Waals surface area contributed by atoms with Gasteiger partial charge in [-0.2, -0.15) is 0 Å². The molecule has 2 rings (SSSR count). The van der Waals surface area contributed by atoms with Crippen molar-refractivity contribution in [3.8, 4) is 11.5 Å². The lowest BCUT2D eigenvalue weighted by molar-refractivity contribution is 0.0827. The van der Waals surface area contributed by atoms with Crippen LogP contribution >= 0.6 is 15.9 Å². The lowest BCUT2D eigenvalue weighted by Crippen LogP contribution is -2.22. The maximum Gasteiger partial charge on any atom is 0.255 e. The van der Waals surface area contributed by atoms with Gasteiger partial charge in [-0.25, -0.2) is 0 Å². The average Bonchev–Trinajstić information content (AvgIpc) is 2.61. The van der Waals surface area contributed by atoms with Crippen molar-refractivity contribution >= 4 is 33.4 Å². The molecule has 7 heteroatoms. The summed E-state index contributed by atoms with van der Waals surface area (Å²) in [6, 6.07) is 9.98. The van der Waals surface area contributed by atoms with Crippen molar-refractivity contribution in [1.29, 1.82) is 0 Å². The average molecular weight is 407 g/mol. The van der Waals surface area contributed by atoms with E-state index in [4.69, 9.17) is 9.47 Å². The molecule has 2 amide bonds. The van der Waals surface area contributed by atoms with Gasteiger partial charge in [0.1, 0.15) is 16.0 Å². The number of carbonyl (C=O) groups excluding carboxylic acids is 2. The van der Waals surface area contributed by atoms with E-state index in [0.29, 0.717) is 32.8 Å². The van der Waals surface area contributed by atoms with Gasteiger partial charge in [-0.3, -0.25) is 9.59 Å². The molecule has 2 aromatic rings. The largest absolute Gasteiger partial charge is 0.495 e.